The van der Waals surface area contributed by atoms with Gasteiger partial charge in [-0.15, -0.1) is 0 Å². The molecule has 1 heterocycles. The molecule has 0 unspecified atom stereocenters. The molecule has 1 N–H and O–H groups in total. The van der Waals surface area contributed by atoms with E-state index in [1.165, 1.54) is 37.7 Å². The summed E-state index contributed by atoms with van der Waals surface area (Å²) in [4.78, 5) is 14.2. The van der Waals surface area contributed by atoms with E-state index in [4.69, 9.17) is 0 Å². The molecular formula is C18H27N3O. The zero-order chi connectivity index (χ0) is 15.6. The predicted molar refractivity (Wildman–Crippen MR) is 91.1 cm³/mol. The molecule has 1 aliphatic heterocycles. The first-order valence-electron chi connectivity index (χ1n) is 8.41. The molecule has 0 aromatic heterocycles. The number of aryl methyl sites for hydroxylation is 1. The van der Waals surface area contributed by atoms with Gasteiger partial charge in [-0.3, -0.25) is 9.69 Å². The van der Waals surface area contributed by atoms with Gasteiger partial charge in [0.1, 0.15) is 0 Å². The normalized spacial score (nSPS) is 17.1. The van der Waals surface area contributed by atoms with Gasteiger partial charge < -0.3 is 0 Å². The second kappa shape index (κ2) is 9.36. The van der Waals surface area contributed by atoms with Crippen LogP contribution in [0.15, 0.2) is 29.4 Å². The summed E-state index contributed by atoms with van der Waals surface area (Å²) in [5, 5.41) is 4.05. The highest BCUT2D eigenvalue weighted by Crippen LogP contribution is 2.09. The predicted octanol–water partition coefficient (Wildman–Crippen LogP) is 2.97. The molecule has 0 saturated carbocycles. The number of carbonyl (C=O) groups is 1. The topological polar surface area (TPSA) is 44.7 Å². The van der Waals surface area contributed by atoms with Crippen LogP contribution in [0.4, 0.5) is 0 Å². The van der Waals surface area contributed by atoms with Crippen molar-refractivity contribution in [2.75, 3.05) is 19.6 Å². The van der Waals surface area contributed by atoms with E-state index in [0.29, 0.717) is 6.54 Å². The summed E-state index contributed by atoms with van der Waals surface area (Å²) in [6.07, 6.45) is 9.02. The van der Waals surface area contributed by atoms with Crippen LogP contribution < -0.4 is 5.43 Å². The van der Waals surface area contributed by atoms with Crippen LogP contribution in [0.1, 0.15) is 50.2 Å². The van der Waals surface area contributed by atoms with Crippen molar-refractivity contribution in [3.8, 4) is 0 Å². The molecule has 0 aliphatic carbocycles. The van der Waals surface area contributed by atoms with Gasteiger partial charge in [0.05, 0.1) is 12.8 Å². The Balaban J connectivity index is 1.74. The third-order valence-corrected chi connectivity index (χ3v) is 4.11. The Morgan fingerprint density at radius 1 is 1.14 bits per heavy atom. The molecule has 0 spiro atoms. The van der Waals surface area contributed by atoms with Crippen molar-refractivity contribution in [3.05, 3.63) is 35.4 Å². The van der Waals surface area contributed by atoms with Gasteiger partial charge >= 0.3 is 0 Å². The minimum atomic E-state index is -0.0259. The van der Waals surface area contributed by atoms with Gasteiger partial charge in [-0.25, -0.2) is 5.43 Å². The molecule has 2 rings (SSSR count). The Kier molecular flexibility index (Phi) is 7.10. The van der Waals surface area contributed by atoms with E-state index in [-0.39, 0.29) is 5.91 Å². The number of nitrogens with zero attached hydrogens (tertiary/aromatic N) is 2. The number of hydrogen-bond donors (Lipinski definition) is 1. The summed E-state index contributed by atoms with van der Waals surface area (Å²) in [5.74, 6) is -0.0259. The van der Waals surface area contributed by atoms with Gasteiger partial charge in [-0.2, -0.15) is 5.10 Å². The molecule has 0 atom stereocenters. The lowest BCUT2D eigenvalue weighted by Crippen LogP contribution is -2.37. The largest absolute Gasteiger partial charge is 0.294 e. The minimum absolute atomic E-state index is 0.0259. The average Bonchev–Trinajstić information content (AvgIpc) is 2.50. The lowest BCUT2D eigenvalue weighted by molar-refractivity contribution is -0.122. The molecule has 1 fully saturated rings. The minimum Gasteiger partial charge on any atom is -0.294 e. The van der Waals surface area contributed by atoms with Gasteiger partial charge in [0.25, 0.3) is 5.91 Å². The number of likely N-dealkylation sites (tertiary alicyclic amines) is 1. The maximum absolute atomic E-state index is 11.9. The van der Waals surface area contributed by atoms with Gasteiger partial charge in [-0.1, -0.05) is 50.5 Å². The summed E-state index contributed by atoms with van der Waals surface area (Å²) in [6.45, 7) is 4.63. The number of hydrogen-bond acceptors (Lipinski definition) is 3. The van der Waals surface area contributed by atoms with E-state index in [0.717, 1.165) is 25.1 Å². The number of benzene rings is 1. The molecule has 120 valence electrons. The summed E-state index contributed by atoms with van der Waals surface area (Å²) < 4.78 is 0. The molecule has 4 heteroatoms. The molecule has 0 bridgehead atoms. The van der Waals surface area contributed by atoms with Crippen LogP contribution in [-0.2, 0) is 11.2 Å². The second-order valence-electron chi connectivity index (χ2n) is 5.93. The summed E-state index contributed by atoms with van der Waals surface area (Å²) in [6, 6.07) is 8.21. The fraction of sp³-hybridized carbons (Fsp3) is 0.556. The molecule has 1 amide bonds. The van der Waals surface area contributed by atoms with Crippen LogP contribution in [-0.4, -0.2) is 36.7 Å². The van der Waals surface area contributed by atoms with Gasteiger partial charge in [0.15, 0.2) is 0 Å². The molecule has 0 radical (unpaired) electrons. The molecule has 1 aliphatic rings. The van der Waals surface area contributed by atoms with E-state index in [1.54, 1.807) is 6.21 Å². The quantitative estimate of drug-likeness (QED) is 0.671. The van der Waals surface area contributed by atoms with Crippen LogP contribution in [0.2, 0.25) is 0 Å². The van der Waals surface area contributed by atoms with Crippen LogP contribution >= 0.6 is 0 Å². The Labute approximate surface area is 133 Å². The zero-order valence-corrected chi connectivity index (χ0v) is 13.6. The summed E-state index contributed by atoms with van der Waals surface area (Å²) >= 11 is 0. The summed E-state index contributed by atoms with van der Waals surface area (Å²) in [5.41, 5.74) is 4.94. The molecule has 4 nitrogen and oxygen atoms in total. The highest BCUT2D eigenvalue weighted by molar-refractivity contribution is 5.83. The summed E-state index contributed by atoms with van der Waals surface area (Å²) in [7, 11) is 0. The fourth-order valence-corrected chi connectivity index (χ4v) is 2.73. The van der Waals surface area contributed by atoms with E-state index in [2.05, 4.69) is 34.5 Å². The molecule has 1 aromatic carbocycles. The number of rotatable bonds is 5. The highest BCUT2D eigenvalue weighted by atomic mass is 16.2. The zero-order valence-electron chi connectivity index (χ0n) is 13.6. The Morgan fingerprint density at radius 3 is 2.41 bits per heavy atom. The number of amides is 1. The van der Waals surface area contributed by atoms with Crippen molar-refractivity contribution in [1.29, 1.82) is 0 Å². The molecule has 1 aromatic rings. The van der Waals surface area contributed by atoms with E-state index < -0.39 is 0 Å². The lowest BCUT2D eigenvalue weighted by atomic mass is 10.1. The third kappa shape index (κ3) is 5.98. The van der Waals surface area contributed by atoms with Crippen LogP contribution in [0.3, 0.4) is 0 Å². The van der Waals surface area contributed by atoms with E-state index in [1.807, 2.05) is 12.1 Å². The smallest absolute Gasteiger partial charge is 0.254 e. The first-order valence-corrected chi connectivity index (χ1v) is 8.41. The third-order valence-electron chi connectivity index (χ3n) is 4.11. The van der Waals surface area contributed by atoms with Crippen molar-refractivity contribution in [1.82, 2.24) is 10.3 Å². The van der Waals surface area contributed by atoms with Crippen LogP contribution in [0, 0.1) is 0 Å². The Bertz CT molecular complexity index is 474. The van der Waals surface area contributed by atoms with E-state index >= 15 is 0 Å². The van der Waals surface area contributed by atoms with Gasteiger partial charge in [0, 0.05) is 0 Å². The second-order valence-corrected chi connectivity index (χ2v) is 5.93. The molecule has 22 heavy (non-hydrogen) atoms. The Hall–Kier alpha value is -1.68. The SMILES string of the molecule is CCc1ccc(/C=N\NC(=O)CN2CCCCCCC2)cc1. The number of nitrogens with one attached hydrogen (secondary N) is 1. The van der Waals surface area contributed by atoms with Gasteiger partial charge in [-0.05, 0) is 43.5 Å². The van der Waals surface area contributed by atoms with Crippen molar-refractivity contribution in [2.45, 2.75) is 45.4 Å². The van der Waals surface area contributed by atoms with Crippen molar-refractivity contribution < 1.29 is 4.79 Å². The molecule has 1 saturated heterocycles. The van der Waals surface area contributed by atoms with Crippen molar-refractivity contribution >= 4 is 12.1 Å². The maximum Gasteiger partial charge on any atom is 0.254 e. The average molecular weight is 301 g/mol. The number of hydrazone groups is 1. The standard InChI is InChI=1S/C18H27N3O/c1-2-16-8-10-17(11-9-16)14-19-20-18(22)15-21-12-6-4-3-5-7-13-21/h8-11,14H,2-7,12-13,15H2,1H3,(H,20,22)/b19-14-. The highest BCUT2D eigenvalue weighted by Gasteiger charge is 2.11. The lowest BCUT2D eigenvalue weighted by Gasteiger charge is -2.23. The van der Waals surface area contributed by atoms with Crippen molar-refractivity contribution in [3.63, 3.8) is 0 Å². The van der Waals surface area contributed by atoms with Crippen LogP contribution in [0.5, 0.6) is 0 Å². The Morgan fingerprint density at radius 2 is 1.77 bits per heavy atom. The molecular weight excluding hydrogens is 274 g/mol. The van der Waals surface area contributed by atoms with Crippen LogP contribution in [0.25, 0.3) is 0 Å². The number of carbonyl (C=O) groups excluding carboxylic acids is 1. The van der Waals surface area contributed by atoms with Crippen molar-refractivity contribution in [2.24, 2.45) is 5.10 Å². The fourth-order valence-electron chi connectivity index (χ4n) is 2.73. The van der Waals surface area contributed by atoms with E-state index in [9.17, 15) is 4.79 Å². The first-order chi connectivity index (χ1) is 10.8. The monoisotopic (exact) mass is 301 g/mol. The first kappa shape index (κ1) is 16.7. The maximum atomic E-state index is 11.9. The van der Waals surface area contributed by atoms with Gasteiger partial charge in [0.2, 0.25) is 0 Å².